The van der Waals surface area contributed by atoms with Gasteiger partial charge in [0.1, 0.15) is 8.07 Å². The fourth-order valence-electron chi connectivity index (χ4n) is 4.63. The first-order chi connectivity index (χ1) is 14.6. The van der Waals surface area contributed by atoms with Crippen molar-refractivity contribution in [3.05, 3.63) is 41.0 Å². The van der Waals surface area contributed by atoms with E-state index in [1.54, 1.807) is 38.1 Å². The zero-order valence-corrected chi connectivity index (χ0v) is 21.6. The molecule has 0 unspecified atom stereocenters. The Morgan fingerprint density at radius 3 is 1.97 bits per heavy atom. The molecular weight excluding hydrogens is 453 g/mol. The van der Waals surface area contributed by atoms with Crippen LogP contribution >= 0.6 is 0 Å². The summed E-state index contributed by atoms with van der Waals surface area (Å²) in [4.78, 5) is 0. The van der Waals surface area contributed by atoms with Crippen LogP contribution < -0.4 is 4.18 Å². The number of aryl methyl sites for hydroxylation is 1. The van der Waals surface area contributed by atoms with Crippen molar-refractivity contribution in [2.24, 2.45) is 0 Å². The van der Waals surface area contributed by atoms with Crippen molar-refractivity contribution in [2.45, 2.75) is 77.5 Å². The lowest BCUT2D eigenvalue weighted by Gasteiger charge is -2.38. The van der Waals surface area contributed by atoms with Crippen molar-refractivity contribution in [2.75, 3.05) is 0 Å². The van der Waals surface area contributed by atoms with Crippen molar-refractivity contribution < 1.29 is 25.8 Å². The molecule has 3 nitrogen and oxygen atoms in total. The molecule has 0 aliphatic rings. The highest BCUT2D eigenvalue weighted by molar-refractivity contribution is 7.88. The fraction of sp³-hybridized carbons (Fsp3) is 0.500. The molecule has 0 bridgehead atoms. The molecule has 0 aromatic heterocycles. The summed E-state index contributed by atoms with van der Waals surface area (Å²) in [6.07, 6.45) is 0. The van der Waals surface area contributed by atoms with E-state index >= 15 is 0 Å². The second-order valence-electron chi connectivity index (χ2n) is 9.18. The third kappa shape index (κ3) is 4.69. The molecule has 0 radical (unpaired) electrons. The Balaban J connectivity index is 2.88. The Morgan fingerprint density at radius 1 is 0.969 bits per heavy atom. The summed E-state index contributed by atoms with van der Waals surface area (Å²) in [6.45, 7) is 16.3. The van der Waals surface area contributed by atoms with E-state index in [1.165, 1.54) is 0 Å². The molecular formula is C24H31F3O3SSi. The summed E-state index contributed by atoms with van der Waals surface area (Å²) in [5.41, 5.74) is 0.577. The van der Waals surface area contributed by atoms with Gasteiger partial charge in [-0.25, -0.2) is 0 Å². The van der Waals surface area contributed by atoms with Crippen LogP contribution in [0.4, 0.5) is 13.2 Å². The molecule has 0 aliphatic carbocycles. The van der Waals surface area contributed by atoms with Gasteiger partial charge in [-0.15, -0.1) is 5.54 Å². The van der Waals surface area contributed by atoms with Crippen LogP contribution in [0.2, 0.25) is 16.6 Å². The molecule has 2 rings (SSSR count). The maximum atomic E-state index is 13.1. The molecule has 0 heterocycles. The maximum absolute atomic E-state index is 13.1. The second kappa shape index (κ2) is 9.10. The molecule has 32 heavy (non-hydrogen) atoms. The minimum Gasteiger partial charge on any atom is -0.375 e. The van der Waals surface area contributed by atoms with Gasteiger partial charge < -0.3 is 4.18 Å². The third-order valence-electron chi connectivity index (χ3n) is 6.38. The monoisotopic (exact) mass is 484 g/mol. The molecule has 2 aromatic rings. The van der Waals surface area contributed by atoms with E-state index in [1.807, 2.05) is 0 Å². The number of halogens is 3. The summed E-state index contributed by atoms with van der Waals surface area (Å²) in [5, 5.41) is 0.869. The van der Waals surface area contributed by atoms with Gasteiger partial charge in [-0.05, 0) is 53.1 Å². The molecule has 0 atom stereocenters. The van der Waals surface area contributed by atoms with Gasteiger partial charge in [0.2, 0.25) is 0 Å². The first-order valence-electron chi connectivity index (χ1n) is 10.6. The topological polar surface area (TPSA) is 43.4 Å². The minimum atomic E-state index is -5.82. The maximum Gasteiger partial charge on any atom is 0.534 e. The lowest BCUT2D eigenvalue weighted by atomic mass is 9.98. The van der Waals surface area contributed by atoms with Gasteiger partial charge >= 0.3 is 15.6 Å². The normalized spacial score (nSPS) is 13.1. The van der Waals surface area contributed by atoms with Crippen molar-refractivity contribution in [1.82, 2.24) is 0 Å². The molecule has 8 heteroatoms. The van der Waals surface area contributed by atoms with Crippen LogP contribution in [0.15, 0.2) is 24.3 Å². The van der Waals surface area contributed by atoms with Crippen LogP contribution in [-0.2, 0) is 10.1 Å². The Labute approximate surface area is 190 Å². The van der Waals surface area contributed by atoms with Crippen LogP contribution in [0.5, 0.6) is 5.75 Å². The Kier molecular flexibility index (Phi) is 7.47. The minimum absolute atomic E-state index is 0.287. The zero-order chi connectivity index (χ0) is 24.6. The molecule has 0 spiro atoms. The predicted molar refractivity (Wildman–Crippen MR) is 127 cm³/mol. The number of benzene rings is 2. The van der Waals surface area contributed by atoms with Crippen molar-refractivity contribution in [3.63, 3.8) is 0 Å². The van der Waals surface area contributed by atoms with Crippen molar-refractivity contribution in [3.8, 4) is 17.2 Å². The average Bonchev–Trinajstić information content (AvgIpc) is 2.63. The standard InChI is InChI=1S/C24H31F3O3SSi/c1-15(2)32(16(3)4,17(5)6)13-12-20-10-9-11-21-14-18(7)19(8)23(22(20)21)30-31(28,29)24(25,26)27/h9-11,14-17H,1-8H3. The van der Waals surface area contributed by atoms with E-state index in [0.717, 1.165) is 0 Å². The molecule has 0 fully saturated rings. The second-order valence-corrected chi connectivity index (χ2v) is 16.3. The van der Waals surface area contributed by atoms with Gasteiger partial charge in [-0.2, -0.15) is 21.6 Å². The molecule has 0 aliphatic heterocycles. The van der Waals surface area contributed by atoms with E-state index in [-0.39, 0.29) is 11.1 Å². The van der Waals surface area contributed by atoms with E-state index in [0.29, 0.717) is 38.7 Å². The smallest absolute Gasteiger partial charge is 0.375 e. The summed E-state index contributed by atoms with van der Waals surface area (Å²) in [7, 11) is -7.94. The van der Waals surface area contributed by atoms with Crippen LogP contribution in [0, 0.1) is 25.3 Å². The Morgan fingerprint density at radius 2 is 1.50 bits per heavy atom. The fourth-order valence-corrected chi connectivity index (χ4v) is 10.4. The Bertz CT molecular complexity index is 1150. The predicted octanol–water partition coefficient (Wildman–Crippen LogP) is 7.25. The third-order valence-corrected chi connectivity index (χ3v) is 13.6. The molecule has 0 saturated carbocycles. The average molecular weight is 485 g/mol. The summed E-state index contributed by atoms with van der Waals surface area (Å²) in [5.74, 6) is 2.93. The van der Waals surface area contributed by atoms with E-state index < -0.39 is 23.7 Å². The first kappa shape index (κ1) is 26.3. The number of fused-ring (bicyclic) bond motifs is 1. The molecule has 0 saturated heterocycles. The van der Waals surface area contributed by atoms with Crippen LogP contribution in [0.25, 0.3) is 10.8 Å². The van der Waals surface area contributed by atoms with Gasteiger partial charge in [-0.3, -0.25) is 0 Å². The zero-order valence-electron chi connectivity index (χ0n) is 19.8. The highest BCUT2D eigenvalue weighted by Gasteiger charge is 2.49. The molecule has 176 valence electrons. The highest BCUT2D eigenvalue weighted by atomic mass is 32.2. The highest BCUT2D eigenvalue weighted by Crippen LogP contribution is 2.42. The quantitative estimate of drug-likeness (QED) is 0.194. The van der Waals surface area contributed by atoms with Gasteiger partial charge in [0.05, 0.1) is 0 Å². The van der Waals surface area contributed by atoms with E-state index in [9.17, 15) is 21.6 Å². The lowest BCUT2D eigenvalue weighted by Crippen LogP contribution is -2.43. The molecule has 0 N–H and O–H groups in total. The number of hydrogen-bond acceptors (Lipinski definition) is 3. The lowest BCUT2D eigenvalue weighted by molar-refractivity contribution is -0.0499. The summed E-state index contributed by atoms with van der Waals surface area (Å²) < 4.78 is 67.7. The van der Waals surface area contributed by atoms with Crippen LogP contribution in [0.1, 0.15) is 58.2 Å². The van der Waals surface area contributed by atoms with Crippen molar-refractivity contribution >= 4 is 29.0 Å². The number of rotatable bonds is 5. The van der Waals surface area contributed by atoms with Gasteiger partial charge in [0.25, 0.3) is 0 Å². The van der Waals surface area contributed by atoms with Gasteiger partial charge in [0.15, 0.2) is 5.75 Å². The first-order valence-corrected chi connectivity index (χ1v) is 14.3. The summed E-state index contributed by atoms with van der Waals surface area (Å²) >= 11 is 0. The van der Waals surface area contributed by atoms with Gasteiger partial charge in [0, 0.05) is 10.9 Å². The largest absolute Gasteiger partial charge is 0.534 e. The van der Waals surface area contributed by atoms with Crippen LogP contribution in [0.3, 0.4) is 0 Å². The molecule has 2 aromatic carbocycles. The number of alkyl halides is 3. The van der Waals surface area contributed by atoms with E-state index in [2.05, 4.69) is 53.0 Å². The summed E-state index contributed by atoms with van der Waals surface area (Å²) in [6, 6.07) is 7.00. The number of hydrogen-bond donors (Lipinski definition) is 0. The van der Waals surface area contributed by atoms with Crippen molar-refractivity contribution in [1.29, 1.82) is 0 Å². The molecule has 0 amide bonds. The van der Waals surface area contributed by atoms with Gasteiger partial charge in [-0.1, -0.05) is 65.7 Å². The Hall–Kier alpha value is -1.98. The van der Waals surface area contributed by atoms with E-state index in [4.69, 9.17) is 4.18 Å². The van der Waals surface area contributed by atoms with Crippen LogP contribution in [-0.4, -0.2) is 22.0 Å². The SMILES string of the molecule is Cc1cc2cccc(C#C[Si](C(C)C)(C(C)C)C(C)C)c2c(OS(=O)(=O)C(F)(F)F)c1C.